The van der Waals surface area contributed by atoms with Gasteiger partial charge in [-0.25, -0.2) is 10.0 Å². The standard InChI is InChI=1S/C11H19N3O3/c1-2-13(4-10-7-16-10)14(5-11-8-17-11)12(1)3-9-6-15-9/h9-11H,1-8H2. The fourth-order valence-corrected chi connectivity index (χ4v) is 2.42. The van der Waals surface area contributed by atoms with Crippen LogP contribution < -0.4 is 0 Å². The Morgan fingerprint density at radius 1 is 0.706 bits per heavy atom. The van der Waals surface area contributed by atoms with E-state index in [-0.39, 0.29) is 0 Å². The lowest BCUT2D eigenvalue weighted by atomic mass is 10.4. The normalized spacial score (nSPS) is 42.0. The molecule has 0 bridgehead atoms. The van der Waals surface area contributed by atoms with Crippen molar-refractivity contribution in [2.24, 2.45) is 0 Å². The fraction of sp³-hybridized carbons (Fsp3) is 1.00. The van der Waals surface area contributed by atoms with Crippen molar-refractivity contribution in [3.63, 3.8) is 0 Å². The molecule has 96 valence electrons. The van der Waals surface area contributed by atoms with Crippen molar-refractivity contribution in [2.45, 2.75) is 18.3 Å². The van der Waals surface area contributed by atoms with Gasteiger partial charge in [0.15, 0.2) is 0 Å². The second kappa shape index (κ2) is 4.15. The lowest BCUT2D eigenvalue weighted by molar-refractivity contribution is -0.128. The van der Waals surface area contributed by atoms with Crippen LogP contribution in [0.1, 0.15) is 0 Å². The molecule has 4 aliphatic rings. The molecule has 0 aliphatic carbocycles. The van der Waals surface area contributed by atoms with Crippen LogP contribution in [0.5, 0.6) is 0 Å². The summed E-state index contributed by atoms with van der Waals surface area (Å²) < 4.78 is 16.0. The highest BCUT2D eigenvalue weighted by atomic mass is 16.6. The molecule has 3 atom stereocenters. The van der Waals surface area contributed by atoms with Crippen LogP contribution in [0, 0.1) is 0 Å². The molecule has 6 heteroatoms. The van der Waals surface area contributed by atoms with E-state index in [0.717, 1.165) is 52.5 Å². The van der Waals surface area contributed by atoms with Crippen LogP contribution in [0.15, 0.2) is 0 Å². The molecule has 3 unspecified atom stereocenters. The Morgan fingerprint density at radius 2 is 1.12 bits per heavy atom. The molecule has 0 spiro atoms. The maximum absolute atomic E-state index is 5.35. The van der Waals surface area contributed by atoms with Gasteiger partial charge in [-0.1, -0.05) is 0 Å². The third-order valence-corrected chi connectivity index (χ3v) is 3.67. The molecule has 0 aromatic heterocycles. The van der Waals surface area contributed by atoms with Gasteiger partial charge >= 0.3 is 0 Å². The smallest absolute Gasteiger partial charge is 0.0965 e. The average Bonchev–Trinajstić information content (AvgIpc) is 3.17. The summed E-state index contributed by atoms with van der Waals surface area (Å²) in [4.78, 5) is 0. The van der Waals surface area contributed by atoms with Crippen LogP contribution in [-0.4, -0.2) is 86.0 Å². The minimum absolute atomic E-state index is 0.429. The van der Waals surface area contributed by atoms with Crippen LogP contribution in [0.3, 0.4) is 0 Å². The summed E-state index contributed by atoms with van der Waals surface area (Å²) in [6.07, 6.45) is 1.34. The minimum atomic E-state index is 0.429. The van der Waals surface area contributed by atoms with E-state index in [0.29, 0.717) is 18.3 Å². The number of hydrogen-bond donors (Lipinski definition) is 0. The third kappa shape index (κ3) is 2.62. The largest absolute Gasteiger partial charge is 0.372 e. The molecule has 4 fully saturated rings. The molecule has 0 aromatic carbocycles. The minimum Gasteiger partial charge on any atom is -0.372 e. The summed E-state index contributed by atoms with van der Waals surface area (Å²) in [5.74, 6) is 0. The van der Waals surface area contributed by atoms with Crippen LogP contribution in [0.25, 0.3) is 0 Å². The van der Waals surface area contributed by atoms with Crippen LogP contribution in [0.2, 0.25) is 0 Å². The van der Waals surface area contributed by atoms with E-state index < -0.39 is 0 Å². The molecule has 0 amide bonds. The lowest BCUT2D eigenvalue weighted by Crippen LogP contribution is -2.48. The van der Waals surface area contributed by atoms with Crippen molar-refractivity contribution in [2.75, 3.05) is 52.5 Å². The highest BCUT2D eigenvalue weighted by Gasteiger charge is 2.40. The summed E-state index contributed by atoms with van der Waals surface area (Å²) in [5.41, 5.74) is 0. The number of ether oxygens (including phenoxy) is 3. The van der Waals surface area contributed by atoms with Crippen LogP contribution in [-0.2, 0) is 14.2 Å². The van der Waals surface area contributed by atoms with Crippen molar-refractivity contribution in [1.29, 1.82) is 0 Å². The average molecular weight is 241 g/mol. The predicted molar refractivity (Wildman–Crippen MR) is 59.1 cm³/mol. The maximum Gasteiger partial charge on any atom is 0.0965 e. The Labute approximate surface area is 101 Å². The Morgan fingerprint density at radius 3 is 1.53 bits per heavy atom. The number of hydrazine groups is 2. The summed E-state index contributed by atoms with van der Waals surface area (Å²) in [7, 11) is 0. The first-order chi connectivity index (χ1) is 8.38. The van der Waals surface area contributed by atoms with E-state index in [9.17, 15) is 0 Å². The summed E-state index contributed by atoms with van der Waals surface area (Å²) in [6.45, 7) is 7.99. The molecule has 4 heterocycles. The Balaban J connectivity index is 1.38. The van der Waals surface area contributed by atoms with E-state index in [1.807, 2.05) is 0 Å². The first kappa shape index (κ1) is 10.7. The van der Waals surface area contributed by atoms with Gasteiger partial charge in [0, 0.05) is 26.2 Å². The van der Waals surface area contributed by atoms with Gasteiger partial charge in [-0.05, 0) is 0 Å². The van der Waals surface area contributed by atoms with Crippen LogP contribution in [0.4, 0.5) is 0 Å². The van der Waals surface area contributed by atoms with Gasteiger partial charge in [0.25, 0.3) is 0 Å². The predicted octanol–water partition coefficient (Wildman–Crippen LogP) is -1.07. The first-order valence-electron chi connectivity index (χ1n) is 6.50. The first-order valence-corrected chi connectivity index (χ1v) is 6.50. The molecule has 4 aliphatic heterocycles. The second-order valence-corrected chi connectivity index (χ2v) is 5.25. The number of hydrogen-bond acceptors (Lipinski definition) is 6. The monoisotopic (exact) mass is 241 g/mol. The van der Waals surface area contributed by atoms with Gasteiger partial charge in [0.2, 0.25) is 0 Å². The molecule has 0 aromatic rings. The SMILES string of the molecule is C1OC1CN1CCN(CC2CO2)N1CC1CO1. The molecule has 0 radical (unpaired) electrons. The topological polar surface area (TPSA) is 47.3 Å². The summed E-state index contributed by atoms with van der Waals surface area (Å²) in [6, 6.07) is 0. The Kier molecular flexibility index (Phi) is 2.60. The summed E-state index contributed by atoms with van der Waals surface area (Å²) >= 11 is 0. The van der Waals surface area contributed by atoms with Crippen molar-refractivity contribution in [3.05, 3.63) is 0 Å². The number of epoxide rings is 3. The van der Waals surface area contributed by atoms with Gasteiger partial charge in [-0.3, -0.25) is 0 Å². The Hall–Kier alpha value is -0.240. The van der Waals surface area contributed by atoms with Gasteiger partial charge < -0.3 is 14.2 Å². The quantitative estimate of drug-likeness (QED) is 0.552. The molecular weight excluding hydrogens is 222 g/mol. The molecule has 0 N–H and O–H groups in total. The summed E-state index contributed by atoms with van der Waals surface area (Å²) in [5, 5.41) is 7.17. The Bertz CT molecular complexity index is 270. The second-order valence-electron chi connectivity index (χ2n) is 5.25. The zero-order valence-corrected chi connectivity index (χ0v) is 9.96. The van der Waals surface area contributed by atoms with E-state index in [1.165, 1.54) is 0 Å². The molecule has 17 heavy (non-hydrogen) atoms. The lowest BCUT2D eigenvalue weighted by Gasteiger charge is -2.32. The van der Waals surface area contributed by atoms with Gasteiger partial charge in [-0.15, -0.1) is 0 Å². The molecule has 6 nitrogen and oxygen atoms in total. The van der Waals surface area contributed by atoms with E-state index in [2.05, 4.69) is 15.1 Å². The van der Waals surface area contributed by atoms with E-state index in [1.54, 1.807) is 0 Å². The van der Waals surface area contributed by atoms with Gasteiger partial charge in [0.1, 0.15) is 0 Å². The number of rotatable bonds is 6. The zero-order chi connectivity index (χ0) is 11.2. The van der Waals surface area contributed by atoms with Crippen molar-refractivity contribution in [3.8, 4) is 0 Å². The molecule has 4 rings (SSSR count). The van der Waals surface area contributed by atoms with E-state index in [4.69, 9.17) is 14.2 Å². The van der Waals surface area contributed by atoms with Crippen molar-refractivity contribution in [1.82, 2.24) is 15.1 Å². The maximum atomic E-state index is 5.35. The zero-order valence-electron chi connectivity index (χ0n) is 9.96. The van der Waals surface area contributed by atoms with Crippen molar-refractivity contribution >= 4 is 0 Å². The van der Waals surface area contributed by atoms with Gasteiger partial charge in [-0.2, -0.15) is 5.12 Å². The fourth-order valence-electron chi connectivity index (χ4n) is 2.42. The van der Waals surface area contributed by atoms with Gasteiger partial charge in [0.05, 0.1) is 44.7 Å². The van der Waals surface area contributed by atoms with Crippen molar-refractivity contribution < 1.29 is 14.2 Å². The molecule has 4 saturated heterocycles. The highest BCUT2D eigenvalue weighted by Crippen LogP contribution is 2.23. The van der Waals surface area contributed by atoms with Crippen LogP contribution >= 0.6 is 0 Å². The number of nitrogens with zero attached hydrogens (tertiary/aromatic N) is 3. The highest BCUT2D eigenvalue weighted by molar-refractivity contribution is 4.83. The molecular formula is C11H19N3O3. The molecule has 0 saturated carbocycles. The van der Waals surface area contributed by atoms with E-state index >= 15 is 0 Å². The third-order valence-electron chi connectivity index (χ3n) is 3.67.